The molecule has 2 aliphatic rings. The van der Waals surface area contributed by atoms with Crippen LogP contribution in [0.2, 0.25) is 0 Å². The Morgan fingerprint density at radius 3 is 2.60 bits per heavy atom. The summed E-state index contributed by atoms with van der Waals surface area (Å²) in [7, 11) is 0. The molecule has 20 heavy (non-hydrogen) atoms. The monoisotopic (exact) mass is 284 g/mol. The molecule has 2 saturated heterocycles. The van der Waals surface area contributed by atoms with Gasteiger partial charge in [0.15, 0.2) is 0 Å². The number of amides is 2. The van der Waals surface area contributed by atoms with Crippen molar-refractivity contribution < 1.29 is 19.4 Å². The van der Waals surface area contributed by atoms with Crippen molar-refractivity contribution >= 4 is 12.0 Å². The highest BCUT2D eigenvalue weighted by Crippen LogP contribution is 2.25. The molecule has 0 spiro atoms. The van der Waals surface area contributed by atoms with Gasteiger partial charge in [-0.1, -0.05) is 6.92 Å². The van der Waals surface area contributed by atoms with Gasteiger partial charge in [-0.15, -0.1) is 0 Å². The van der Waals surface area contributed by atoms with Gasteiger partial charge in [0.25, 0.3) is 0 Å². The standard InChI is InChI=1S/C14H24N2O4/c1-10-4-5-16(11(8-10)12(17)18)13(19)15-6-7-20-14(2,3)9-15/h10-11H,4-9H2,1-3H3,(H,17,18). The van der Waals surface area contributed by atoms with Gasteiger partial charge in [-0.25, -0.2) is 9.59 Å². The average Bonchev–Trinajstić information content (AvgIpc) is 2.36. The van der Waals surface area contributed by atoms with E-state index in [2.05, 4.69) is 0 Å². The summed E-state index contributed by atoms with van der Waals surface area (Å²) in [5.41, 5.74) is -0.365. The molecule has 2 fully saturated rings. The van der Waals surface area contributed by atoms with Crippen LogP contribution in [0.3, 0.4) is 0 Å². The number of rotatable bonds is 1. The lowest BCUT2D eigenvalue weighted by Crippen LogP contribution is -2.59. The van der Waals surface area contributed by atoms with Crippen molar-refractivity contribution in [3.05, 3.63) is 0 Å². The minimum Gasteiger partial charge on any atom is -0.480 e. The van der Waals surface area contributed by atoms with Crippen LogP contribution >= 0.6 is 0 Å². The maximum absolute atomic E-state index is 12.6. The number of aliphatic carboxylic acids is 1. The molecular weight excluding hydrogens is 260 g/mol. The number of hydrogen-bond acceptors (Lipinski definition) is 3. The summed E-state index contributed by atoms with van der Waals surface area (Å²) < 4.78 is 5.60. The Morgan fingerprint density at radius 2 is 2.00 bits per heavy atom. The van der Waals surface area contributed by atoms with E-state index in [1.165, 1.54) is 4.90 Å². The highest BCUT2D eigenvalue weighted by atomic mass is 16.5. The van der Waals surface area contributed by atoms with E-state index < -0.39 is 12.0 Å². The van der Waals surface area contributed by atoms with E-state index in [1.807, 2.05) is 20.8 Å². The zero-order valence-electron chi connectivity index (χ0n) is 12.5. The maximum atomic E-state index is 12.6. The van der Waals surface area contributed by atoms with Gasteiger partial charge >= 0.3 is 12.0 Å². The zero-order valence-corrected chi connectivity index (χ0v) is 12.5. The lowest BCUT2D eigenvalue weighted by molar-refractivity contribution is -0.144. The van der Waals surface area contributed by atoms with Crippen LogP contribution in [0.25, 0.3) is 0 Å². The van der Waals surface area contributed by atoms with Crippen molar-refractivity contribution in [3.8, 4) is 0 Å². The fourth-order valence-electron chi connectivity index (χ4n) is 2.97. The quantitative estimate of drug-likeness (QED) is 0.790. The molecule has 2 heterocycles. The van der Waals surface area contributed by atoms with Gasteiger partial charge in [0.2, 0.25) is 0 Å². The number of carboxylic acids is 1. The van der Waals surface area contributed by atoms with Crippen LogP contribution in [0.5, 0.6) is 0 Å². The van der Waals surface area contributed by atoms with Crippen molar-refractivity contribution in [2.45, 2.75) is 45.3 Å². The summed E-state index contributed by atoms with van der Waals surface area (Å²) in [4.78, 5) is 27.2. The van der Waals surface area contributed by atoms with Gasteiger partial charge in [-0.05, 0) is 32.6 Å². The van der Waals surface area contributed by atoms with Crippen molar-refractivity contribution in [3.63, 3.8) is 0 Å². The first-order valence-corrected chi connectivity index (χ1v) is 7.22. The lowest BCUT2D eigenvalue weighted by atomic mass is 9.92. The van der Waals surface area contributed by atoms with Crippen LogP contribution in [0, 0.1) is 5.92 Å². The van der Waals surface area contributed by atoms with Crippen molar-refractivity contribution in [1.29, 1.82) is 0 Å². The summed E-state index contributed by atoms with van der Waals surface area (Å²) >= 11 is 0. The Hall–Kier alpha value is -1.30. The molecule has 0 aromatic heterocycles. The molecule has 114 valence electrons. The summed E-state index contributed by atoms with van der Waals surface area (Å²) in [6.07, 6.45) is 1.40. The molecule has 2 amide bonds. The van der Waals surface area contributed by atoms with E-state index in [0.717, 1.165) is 6.42 Å². The van der Waals surface area contributed by atoms with Gasteiger partial charge in [-0.3, -0.25) is 0 Å². The van der Waals surface area contributed by atoms with Gasteiger partial charge < -0.3 is 19.6 Å². The predicted octanol–water partition coefficient (Wildman–Crippen LogP) is 1.40. The Morgan fingerprint density at radius 1 is 1.30 bits per heavy atom. The van der Waals surface area contributed by atoms with E-state index in [0.29, 0.717) is 38.6 Å². The smallest absolute Gasteiger partial charge is 0.326 e. The van der Waals surface area contributed by atoms with Crippen LogP contribution < -0.4 is 0 Å². The number of nitrogens with zero attached hydrogens (tertiary/aromatic N) is 2. The minimum absolute atomic E-state index is 0.166. The largest absolute Gasteiger partial charge is 0.480 e. The van der Waals surface area contributed by atoms with Gasteiger partial charge in [0.05, 0.1) is 18.8 Å². The zero-order chi connectivity index (χ0) is 14.9. The molecule has 6 heteroatoms. The molecule has 0 saturated carbocycles. The van der Waals surface area contributed by atoms with Crippen LogP contribution in [0.15, 0.2) is 0 Å². The van der Waals surface area contributed by atoms with Crippen LogP contribution in [0.4, 0.5) is 4.79 Å². The molecule has 1 N–H and O–H groups in total. The molecule has 2 unspecified atom stereocenters. The number of ether oxygens (including phenoxy) is 1. The molecule has 2 aliphatic heterocycles. The number of morpholine rings is 1. The van der Waals surface area contributed by atoms with Crippen LogP contribution in [-0.2, 0) is 9.53 Å². The first-order chi connectivity index (χ1) is 9.30. The number of likely N-dealkylation sites (tertiary alicyclic amines) is 1. The SMILES string of the molecule is CC1CCN(C(=O)N2CCOC(C)(C)C2)C(C(=O)O)C1. The maximum Gasteiger partial charge on any atom is 0.326 e. The fourth-order valence-corrected chi connectivity index (χ4v) is 2.97. The molecule has 2 atom stereocenters. The number of carboxylic acid groups (broad SMARTS) is 1. The number of piperidine rings is 1. The molecule has 0 aliphatic carbocycles. The predicted molar refractivity (Wildman–Crippen MR) is 73.5 cm³/mol. The van der Waals surface area contributed by atoms with Gasteiger partial charge in [-0.2, -0.15) is 0 Å². The van der Waals surface area contributed by atoms with Crippen molar-refractivity contribution in [1.82, 2.24) is 9.80 Å². The Labute approximate surface area is 119 Å². The van der Waals surface area contributed by atoms with E-state index in [4.69, 9.17) is 4.74 Å². The number of carbonyl (C=O) groups is 2. The molecule has 0 aromatic rings. The highest BCUT2D eigenvalue weighted by Gasteiger charge is 2.39. The molecule has 0 aromatic carbocycles. The molecule has 0 radical (unpaired) electrons. The second-order valence-corrected chi connectivity index (χ2v) is 6.49. The molecule has 6 nitrogen and oxygen atoms in total. The third kappa shape index (κ3) is 3.23. The lowest BCUT2D eigenvalue weighted by Gasteiger charge is -2.43. The van der Waals surface area contributed by atoms with E-state index >= 15 is 0 Å². The van der Waals surface area contributed by atoms with Gasteiger partial charge in [0, 0.05) is 13.1 Å². The summed E-state index contributed by atoms with van der Waals surface area (Å²) in [6, 6.07) is -0.863. The number of carbonyl (C=O) groups excluding carboxylic acids is 1. The van der Waals surface area contributed by atoms with Crippen LogP contribution in [0.1, 0.15) is 33.6 Å². The fraction of sp³-hybridized carbons (Fsp3) is 0.857. The second-order valence-electron chi connectivity index (χ2n) is 6.49. The summed E-state index contributed by atoms with van der Waals surface area (Å²) in [5, 5.41) is 9.34. The first-order valence-electron chi connectivity index (χ1n) is 7.22. The van der Waals surface area contributed by atoms with Crippen LogP contribution in [-0.4, -0.2) is 64.8 Å². The molecule has 0 bridgehead atoms. The molecule has 2 rings (SSSR count). The Balaban J connectivity index is 2.08. The van der Waals surface area contributed by atoms with E-state index in [9.17, 15) is 14.7 Å². The summed E-state index contributed by atoms with van der Waals surface area (Å²) in [5.74, 6) is -0.557. The van der Waals surface area contributed by atoms with Crippen molar-refractivity contribution in [2.75, 3.05) is 26.2 Å². The highest BCUT2D eigenvalue weighted by molar-refractivity contribution is 5.83. The molecular formula is C14H24N2O4. The van der Waals surface area contributed by atoms with Crippen molar-refractivity contribution in [2.24, 2.45) is 5.92 Å². The first kappa shape index (κ1) is 15.1. The Kier molecular flexibility index (Phi) is 4.22. The number of urea groups is 1. The summed E-state index contributed by atoms with van der Waals surface area (Å²) in [6.45, 7) is 7.98. The second kappa shape index (κ2) is 5.60. The average molecular weight is 284 g/mol. The minimum atomic E-state index is -0.905. The third-order valence-corrected chi connectivity index (χ3v) is 4.09. The van der Waals surface area contributed by atoms with Gasteiger partial charge in [0.1, 0.15) is 6.04 Å². The van der Waals surface area contributed by atoms with E-state index in [1.54, 1.807) is 4.90 Å². The topological polar surface area (TPSA) is 70.1 Å². The normalized spacial score (nSPS) is 30.1. The third-order valence-electron chi connectivity index (χ3n) is 4.09. The Bertz CT molecular complexity index is 397. The van der Waals surface area contributed by atoms with E-state index in [-0.39, 0.29) is 11.6 Å². The number of hydrogen-bond donors (Lipinski definition) is 1.